The topological polar surface area (TPSA) is 12.9 Å². The van der Waals surface area contributed by atoms with E-state index in [0.717, 1.165) is 5.69 Å². The van der Waals surface area contributed by atoms with Gasteiger partial charge in [0.05, 0.1) is 10.4 Å². The van der Waals surface area contributed by atoms with Crippen LogP contribution in [0.4, 0.5) is 0 Å². The van der Waals surface area contributed by atoms with Gasteiger partial charge in [-0.25, -0.2) is 0 Å². The first kappa shape index (κ1) is 25.5. The van der Waals surface area contributed by atoms with Crippen molar-refractivity contribution in [3.8, 4) is 32.8 Å². The van der Waals surface area contributed by atoms with Gasteiger partial charge in [-0.3, -0.25) is 4.98 Å². The fourth-order valence-corrected chi connectivity index (χ4v) is 6.89. The van der Waals surface area contributed by atoms with Crippen molar-refractivity contribution in [2.45, 2.75) is 52.9 Å². The van der Waals surface area contributed by atoms with Crippen molar-refractivity contribution in [2.24, 2.45) is 0 Å². The van der Waals surface area contributed by atoms with E-state index in [4.69, 9.17) is 4.98 Å². The molecule has 0 aliphatic rings. The molecule has 0 aliphatic heterocycles. The Balaban J connectivity index is 1.52. The first-order valence-corrected chi connectivity index (χ1v) is 14.6. The van der Waals surface area contributed by atoms with Gasteiger partial charge in [0.1, 0.15) is 0 Å². The van der Waals surface area contributed by atoms with Crippen molar-refractivity contribution in [3.63, 3.8) is 0 Å². The predicted octanol–water partition coefficient (Wildman–Crippen LogP) is 11.2. The summed E-state index contributed by atoms with van der Waals surface area (Å²) in [6.07, 6.45) is 1.98. The molecule has 4 aromatic carbocycles. The summed E-state index contributed by atoms with van der Waals surface area (Å²) in [5.41, 5.74) is 10.2. The number of pyridine rings is 1. The summed E-state index contributed by atoms with van der Waals surface area (Å²) >= 11 is 1.87. The Labute approximate surface area is 236 Å². The van der Waals surface area contributed by atoms with Crippen LogP contribution in [0.2, 0.25) is 0 Å². The van der Waals surface area contributed by atoms with E-state index in [9.17, 15) is 0 Å². The Morgan fingerprint density at radius 2 is 1.38 bits per heavy atom. The average molecular weight is 526 g/mol. The number of nitrogens with zero attached hydrogens (tertiary/aromatic N) is 1. The maximum absolute atomic E-state index is 4.97. The van der Waals surface area contributed by atoms with E-state index >= 15 is 0 Å². The molecule has 2 aromatic heterocycles. The van der Waals surface area contributed by atoms with Crippen LogP contribution in [0, 0.1) is 6.92 Å². The molecule has 6 rings (SSSR count). The van der Waals surface area contributed by atoms with E-state index in [-0.39, 0.29) is 5.41 Å². The molecule has 0 radical (unpaired) electrons. The lowest BCUT2D eigenvalue weighted by Crippen LogP contribution is -2.10. The van der Waals surface area contributed by atoms with Gasteiger partial charge in [0, 0.05) is 16.6 Å². The van der Waals surface area contributed by atoms with Crippen LogP contribution in [0.15, 0.2) is 97.2 Å². The second-order valence-electron chi connectivity index (χ2n) is 11.9. The van der Waals surface area contributed by atoms with Crippen LogP contribution in [0.5, 0.6) is 0 Å². The third kappa shape index (κ3) is 4.68. The van der Waals surface area contributed by atoms with E-state index in [1.807, 2.05) is 17.5 Å². The molecule has 0 fully saturated rings. The number of aryl methyl sites for hydroxylation is 1. The van der Waals surface area contributed by atoms with Gasteiger partial charge in [-0.15, -0.1) is 11.3 Å². The maximum atomic E-state index is 4.97. The monoisotopic (exact) mass is 525 g/mol. The summed E-state index contributed by atoms with van der Waals surface area (Å²) in [6.45, 7) is 13.6. The summed E-state index contributed by atoms with van der Waals surface area (Å²) in [6, 6.07) is 33.5. The Morgan fingerprint density at radius 3 is 2.08 bits per heavy atom. The lowest BCUT2D eigenvalue weighted by Gasteiger charge is -2.19. The van der Waals surface area contributed by atoms with Crippen LogP contribution in [-0.4, -0.2) is 4.98 Å². The molecule has 0 aliphatic carbocycles. The zero-order valence-electron chi connectivity index (χ0n) is 23.7. The van der Waals surface area contributed by atoms with Gasteiger partial charge >= 0.3 is 0 Å². The van der Waals surface area contributed by atoms with Gasteiger partial charge in [0.25, 0.3) is 0 Å². The third-order valence-corrected chi connectivity index (χ3v) is 9.22. The normalized spacial score (nSPS) is 12.1. The van der Waals surface area contributed by atoms with Gasteiger partial charge in [-0.05, 0) is 92.1 Å². The van der Waals surface area contributed by atoms with Crippen LogP contribution in [0.25, 0.3) is 53.7 Å². The zero-order valence-corrected chi connectivity index (χ0v) is 24.5. The quantitative estimate of drug-likeness (QED) is 0.223. The van der Waals surface area contributed by atoms with Crippen LogP contribution in [0.3, 0.4) is 0 Å². The molecule has 0 saturated carbocycles. The molecule has 194 valence electrons. The van der Waals surface area contributed by atoms with E-state index < -0.39 is 0 Å². The molecule has 0 unspecified atom stereocenters. The van der Waals surface area contributed by atoms with Crippen LogP contribution in [0.1, 0.15) is 57.2 Å². The Hall–Kier alpha value is -3.75. The highest BCUT2D eigenvalue weighted by Gasteiger charge is 2.18. The molecule has 0 amide bonds. The molecular weight excluding hydrogens is 490 g/mol. The highest BCUT2D eigenvalue weighted by atomic mass is 32.1. The minimum atomic E-state index is 0.148. The molecule has 0 N–H and O–H groups in total. The Kier molecular flexibility index (Phi) is 6.40. The Bertz CT molecular complexity index is 1800. The van der Waals surface area contributed by atoms with Gasteiger partial charge in [-0.2, -0.15) is 0 Å². The molecular formula is C37H35NS. The molecule has 1 nitrogen and oxygen atoms in total. The molecule has 0 saturated heterocycles. The largest absolute Gasteiger partial charge is 0.255 e. The molecule has 2 heterocycles. The lowest BCUT2D eigenvalue weighted by molar-refractivity contribution is 0.590. The molecule has 0 bridgehead atoms. The van der Waals surface area contributed by atoms with Crippen molar-refractivity contribution in [1.82, 2.24) is 4.98 Å². The number of fused-ring (bicyclic) bond motifs is 2. The minimum Gasteiger partial charge on any atom is -0.255 e. The molecule has 2 heteroatoms. The van der Waals surface area contributed by atoms with Crippen LogP contribution in [-0.2, 0) is 5.41 Å². The first-order valence-electron chi connectivity index (χ1n) is 13.8. The number of aromatic nitrogens is 1. The number of rotatable bonds is 4. The summed E-state index contributed by atoms with van der Waals surface area (Å²) < 4.78 is 1.26. The molecule has 0 spiro atoms. The first-order chi connectivity index (χ1) is 18.7. The number of hydrogen-bond donors (Lipinski definition) is 0. The highest BCUT2D eigenvalue weighted by molar-refractivity contribution is 7.23. The smallest absolute Gasteiger partial charge is 0.0880 e. The maximum Gasteiger partial charge on any atom is 0.0880 e. The van der Waals surface area contributed by atoms with Crippen LogP contribution >= 0.6 is 11.3 Å². The third-order valence-electron chi connectivity index (χ3n) is 7.85. The predicted molar refractivity (Wildman–Crippen MR) is 171 cm³/mol. The van der Waals surface area contributed by atoms with E-state index in [1.54, 1.807) is 0 Å². The summed E-state index contributed by atoms with van der Waals surface area (Å²) in [4.78, 5) is 6.30. The molecule has 39 heavy (non-hydrogen) atoms. The van der Waals surface area contributed by atoms with Gasteiger partial charge < -0.3 is 0 Å². The Morgan fingerprint density at radius 1 is 0.692 bits per heavy atom. The lowest BCUT2D eigenvalue weighted by atomic mass is 9.86. The summed E-state index contributed by atoms with van der Waals surface area (Å²) in [5.74, 6) is 0.413. The van der Waals surface area contributed by atoms with Crippen molar-refractivity contribution in [2.75, 3.05) is 0 Å². The fraction of sp³-hybridized carbons (Fsp3) is 0.216. The second-order valence-corrected chi connectivity index (χ2v) is 13.0. The van der Waals surface area contributed by atoms with E-state index in [0.29, 0.717) is 5.92 Å². The number of thiophene rings is 1. The van der Waals surface area contributed by atoms with Crippen molar-refractivity contribution >= 4 is 32.2 Å². The standard InChI is InChI=1S/C37H35NS/c1-23(2)33-22-29(21-28-20-27(14-17-32(28)33)25-10-8-7-9-11-25)34-36-31(18-19-38-34)24(3)35(39-36)26-12-15-30(16-13-26)37(4,5)6/h7-23H,1-6H3. The zero-order chi connectivity index (χ0) is 27.3. The number of benzene rings is 4. The summed E-state index contributed by atoms with van der Waals surface area (Å²) in [5, 5.41) is 3.88. The van der Waals surface area contributed by atoms with Gasteiger partial charge in [-0.1, -0.05) is 101 Å². The minimum absolute atomic E-state index is 0.148. The van der Waals surface area contributed by atoms with Crippen molar-refractivity contribution in [3.05, 3.63) is 114 Å². The summed E-state index contributed by atoms with van der Waals surface area (Å²) in [7, 11) is 0. The SMILES string of the molecule is Cc1c(-c2ccc(C(C)(C)C)cc2)sc2c(-c3cc(C(C)C)c4ccc(-c5ccccc5)cc4c3)nccc12. The van der Waals surface area contributed by atoms with Gasteiger partial charge in [0.15, 0.2) is 0 Å². The number of hydrogen-bond acceptors (Lipinski definition) is 2. The molecule has 0 atom stereocenters. The van der Waals surface area contributed by atoms with E-state index in [2.05, 4.69) is 133 Å². The highest BCUT2D eigenvalue weighted by Crippen LogP contribution is 2.43. The van der Waals surface area contributed by atoms with Crippen LogP contribution < -0.4 is 0 Å². The van der Waals surface area contributed by atoms with Crippen molar-refractivity contribution in [1.29, 1.82) is 0 Å². The van der Waals surface area contributed by atoms with Gasteiger partial charge in [0.2, 0.25) is 0 Å². The van der Waals surface area contributed by atoms with E-state index in [1.165, 1.54) is 64.7 Å². The van der Waals surface area contributed by atoms with Crippen molar-refractivity contribution < 1.29 is 0 Å². The fourth-order valence-electron chi connectivity index (χ4n) is 5.57. The second kappa shape index (κ2) is 9.77. The molecule has 6 aromatic rings. The average Bonchev–Trinajstić information content (AvgIpc) is 3.28.